The van der Waals surface area contributed by atoms with Crippen molar-refractivity contribution in [3.63, 3.8) is 0 Å². The number of halogens is 1. The maximum absolute atomic E-state index is 11.4. The van der Waals surface area contributed by atoms with Gasteiger partial charge in [0.1, 0.15) is 0 Å². The molecule has 0 aromatic heterocycles. The van der Waals surface area contributed by atoms with E-state index < -0.39 is 0 Å². The van der Waals surface area contributed by atoms with Gasteiger partial charge in [-0.1, -0.05) is 12.1 Å². The highest BCUT2D eigenvalue weighted by Crippen LogP contribution is 2.18. The zero-order valence-corrected chi connectivity index (χ0v) is 9.95. The monoisotopic (exact) mass is 306 g/mol. The lowest BCUT2D eigenvalue weighted by Crippen LogP contribution is -2.09. The highest BCUT2D eigenvalue weighted by atomic mass is 127. The molecule has 76 valence electrons. The molecule has 1 aromatic carbocycles. The lowest BCUT2D eigenvalue weighted by molar-refractivity contribution is 0.0598. The van der Waals surface area contributed by atoms with Crippen LogP contribution in [0.5, 0.6) is 0 Å². The average Bonchev–Trinajstić information content (AvgIpc) is 2.18. The van der Waals surface area contributed by atoms with Crippen LogP contribution in [-0.4, -0.2) is 24.8 Å². The second-order valence-corrected chi connectivity index (χ2v) is 3.90. The Morgan fingerprint density at radius 2 is 2.29 bits per heavy atom. The number of benzene rings is 1. The molecule has 0 unspecified atom stereocenters. The average molecular weight is 306 g/mol. The van der Waals surface area contributed by atoms with Crippen molar-refractivity contribution >= 4 is 28.6 Å². The van der Waals surface area contributed by atoms with E-state index in [1.165, 1.54) is 7.11 Å². The molecule has 1 aromatic rings. The van der Waals surface area contributed by atoms with Crippen molar-refractivity contribution in [1.29, 1.82) is 0 Å². The van der Waals surface area contributed by atoms with Gasteiger partial charge in [0.2, 0.25) is 0 Å². The van der Waals surface area contributed by atoms with Crippen LogP contribution in [-0.2, 0) is 11.2 Å². The summed E-state index contributed by atoms with van der Waals surface area (Å²) in [6.07, 6.45) is 0.473. The van der Waals surface area contributed by atoms with Crippen LogP contribution in [0, 0.1) is 3.57 Å². The molecule has 1 N–H and O–H groups in total. The molecule has 0 aliphatic heterocycles. The predicted molar refractivity (Wildman–Crippen MR) is 61.3 cm³/mol. The van der Waals surface area contributed by atoms with Gasteiger partial charge in [0.25, 0.3) is 0 Å². The smallest absolute Gasteiger partial charge is 0.339 e. The molecule has 0 fully saturated rings. The number of esters is 1. The van der Waals surface area contributed by atoms with Crippen LogP contribution in [0.2, 0.25) is 0 Å². The van der Waals surface area contributed by atoms with Crippen molar-refractivity contribution in [2.75, 3.05) is 13.7 Å². The fraction of sp³-hybridized carbons (Fsp3) is 0.300. The van der Waals surface area contributed by atoms with E-state index in [0.29, 0.717) is 12.0 Å². The molecule has 0 aliphatic rings. The first-order valence-corrected chi connectivity index (χ1v) is 5.25. The molecular formula is C10H11IO3. The molecule has 0 heterocycles. The van der Waals surface area contributed by atoms with Gasteiger partial charge in [-0.05, 0) is 40.6 Å². The summed E-state index contributed by atoms with van der Waals surface area (Å²) in [7, 11) is 1.36. The van der Waals surface area contributed by atoms with Crippen LogP contribution in [0.4, 0.5) is 0 Å². The van der Waals surface area contributed by atoms with Gasteiger partial charge in [-0.25, -0.2) is 4.79 Å². The second-order valence-electron chi connectivity index (χ2n) is 2.74. The summed E-state index contributed by atoms with van der Waals surface area (Å²) < 4.78 is 5.53. The summed E-state index contributed by atoms with van der Waals surface area (Å²) in [5, 5.41) is 8.83. The van der Waals surface area contributed by atoms with Gasteiger partial charge in [-0.2, -0.15) is 0 Å². The van der Waals surface area contributed by atoms with Crippen molar-refractivity contribution in [1.82, 2.24) is 0 Å². The summed E-state index contributed by atoms with van der Waals surface area (Å²) in [5.74, 6) is -0.349. The molecule has 0 bridgehead atoms. The first-order chi connectivity index (χ1) is 6.70. The Morgan fingerprint density at radius 1 is 1.57 bits per heavy atom. The summed E-state index contributed by atoms with van der Waals surface area (Å²) in [6, 6.07) is 5.53. The van der Waals surface area contributed by atoms with Crippen LogP contribution in [0.25, 0.3) is 0 Å². The zero-order chi connectivity index (χ0) is 10.6. The van der Waals surface area contributed by atoms with Gasteiger partial charge in [0.05, 0.1) is 12.7 Å². The summed E-state index contributed by atoms with van der Waals surface area (Å²) in [5.41, 5.74) is 1.39. The maximum atomic E-state index is 11.4. The topological polar surface area (TPSA) is 46.5 Å². The third kappa shape index (κ3) is 2.45. The van der Waals surface area contributed by atoms with E-state index in [9.17, 15) is 4.79 Å². The van der Waals surface area contributed by atoms with Gasteiger partial charge < -0.3 is 9.84 Å². The van der Waals surface area contributed by atoms with Crippen LogP contribution in [0.3, 0.4) is 0 Å². The number of hydrogen-bond acceptors (Lipinski definition) is 3. The number of ether oxygens (including phenoxy) is 1. The third-order valence-electron chi connectivity index (χ3n) is 1.87. The van der Waals surface area contributed by atoms with Crippen LogP contribution >= 0.6 is 22.6 Å². The Bertz CT molecular complexity index is 336. The number of carbonyl (C=O) groups excluding carboxylic acids is 1. The Kier molecular flexibility index (Phi) is 4.34. The SMILES string of the molecule is COC(=O)c1c(I)cccc1CCO. The Balaban J connectivity index is 3.15. The Labute approximate surface area is 96.2 Å². The second kappa shape index (κ2) is 5.31. The van der Waals surface area contributed by atoms with Crippen molar-refractivity contribution in [2.45, 2.75) is 6.42 Å². The van der Waals surface area contributed by atoms with Gasteiger partial charge in [0, 0.05) is 10.2 Å². The molecule has 14 heavy (non-hydrogen) atoms. The third-order valence-corrected chi connectivity index (χ3v) is 2.77. The van der Waals surface area contributed by atoms with E-state index in [0.717, 1.165) is 9.13 Å². The van der Waals surface area contributed by atoms with Crippen molar-refractivity contribution in [2.24, 2.45) is 0 Å². The fourth-order valence-electron chi connectivity index (χ4n) is 1.23. The van der Waals surface area contributed by atoms with E-state index in [1.54, 1.807) is 0 Å². The predicted octanol–water partition coefficient (Wildman–Crippen LogP) is 1.61. The van der Waals surface area contributed by atoms with E-state index in [4.69, 9.17) is 5.11 Å². The number of methoxy groups -OCH3 is 1. The number of hydrogen-bond donors (Lipinski definition) is 1. The summed E-state index contributed by atoms with van der Waals surface area (Å²) >= 11 is 2.08. The van der Waals surface area contributed by atoms with E-state index >= 15 is 0 Å². The number of aliphatic hydroxyl groups excluding tert-OH is 1. The minimum absolute atomic E-state index is 0.0318. The minimum atomic E-state index is -0.349. The molecule has 0 saturated heterocycles. The van der Waals surface area contributed by atoms with Crippen molar-refractivity contribution in [3.8, 4) is 0 Å². The highest BCUT2D eigenvalue weighted by molar-refractivity contribution is 14.1. The zero-order valence-electron chi connectivity index (χ0n) is 7.79. The molecular weight excluding hydrogens is 295 g/mol. The quantitative estimate of drug-likeness (QED) is 0.682. The van der Waals surface area contributed by atoms with Gasteiger partial charge in [-0.15, -0.1) is 0 Å². The minimum Gasteiger partial charge on any atom is -0.465 e. The molecule has 4 heteroatoms. The summed E-state index contributed by atoms with van der Waals surface area (Å²) in [4.78, 5) is 11.4. The van der Waals surface area contributed by atoms with Gasteiger partial charge in [0.15, 0.2) is 0 Å². The van der Waals surface area contributed by atoms with Crippen molar-refractivity contribution < 1.29 is 14.6 Å². The largest absolute Gasteiger partial charge is 0.465 e. The number of carbonyl (C=O) groups is 1. The Hall–Kier alpha value is -0.620. The molecule has 3 nitrogen and oxygen atoms in total. The van der Waals surface area contributed by atoms with Gasteiger partial charge >= 0.3 is 5.97 Å². The normalized spacial score (nSPS) is 9.93. The maximum Gasteiger partial charge on any atom is 0.339 e. The Morgan fingerprint density at radius 3 is 2.86 bits per heavy atom. The lowest BCUT2D eigenvalue weighted by Gasteiger charge is -2.08. The van der Waals surface area contributed by atoms with Crippen LogP contribution in [0.15, 0.2) is 18.2 Å². The van der Waals surface area contributed by atoms with Crippen LogP contribution < -0.4 is 0 Å². The first kappa shape index (κ1) is 11.5. The molecule has 0 radical (unpaired) electrons. The fourth-order valence-corrected chi connectivity index (χ4v) is 2.00. The van der Waals surface area contributed by atoms with Gasteiger partial charge in [-0.3, -0.25) is 0 Å². The molecule has 0 spiro atoms. The molecule has 0 saturated carbocycles. The summed E-state index contributed by atoms with van der Waals surface area (Å²) in [6.45, 7) is 0.0318. The van der Waals surface area contributed by atoms with E-state index in [2.05, 4.69) is 27.3 Å². The number of aliphatic hydroxyl groups is 1. The van der Waals surface area contributed by atoms with Crippen molar-refractivity contribution in [3.05, 3.63) is 32.9 Å². The molecule has 0 amide bonds. The highest BCUT2D eigenvalue weighted by Gasteiger charge is 2.14. The van der Waals surface area contributed by atoms with E-state index in [1.807, 2.05) is 18.2 Å². The standard InChI is InChI=1S/C10H11IO3/c1-14-10(13)9-7(5-6-12)3-2-4-8(9)11/h2-4,12H,5-6H2,1H3. The van der Waals surface area contributed by atoms with Crippen LogP contribution in [0.1, 0.15) is 15.9 Å². The van der Waals surface area contributed by atoms with E-state index in [-0.39, 0.29) is 12.6 Å². The molecule has 1 rings (SSSR count). The molecule has 0 aliphatic carbocycles. The number of rotatable bonds is 3. The lowest BCUT2D eigenvalue weighted by atomic mass is 10.1. The first-order valence-electron chi connectivity index (χ1n) is 4.17. The molecule has 0 atom stereocenters.